The lowest BCUT2D eigenvalue weighted by molar-refractivity contribution is 0.709. The van der Waals surface area contributed by atoms with Gasteiger partial charge in [-0.2, -0.15) is 4.98 Å². The first-order valence-corrected chi connectivity index (χ1v) is 8.09. The highest BCUT2D eigenvalue weighted by Crippen LogP contribution is 2.25. The number of hydrogen-bond acceptors (Lipinski definition) is 6. The summed E-state index contributed by atoms with van der Waals surface area (Å²) in [5.41, 5.74) is 9.42. The standard InChI is InChI=1S/C17H14ClN7/c18-16-23-13(12-8-20-17(19)21-9-12)14-15(24-16)25(10-22-14)7-6-11-4-2-1-3-5-11/h1-5,8-10H,6-7H2,(H2,19,20,21). The van der Waals surface area contributed by atoms with Crippen molar-refractivity contribution in [3.8, 4) is 11.3 Å². The molecule has 4 rings (SSSR count). The fraction of sp³-hybridized carbons (Fsp3) is 0.118. The van der Waals surface area contributed by atoms with Crippen LogP contribution in [0, 0.1) is 0 Å². The number of nitrogen functional groups attached to an aromatic ring is 1. The van der Waals surface area contributed by atoms with E-state index in [-0.39, 0.29) is 11.2 Å². The zero-order valence-corrected chi connectivity index (χ0v) is 13.9. The third-order valence-electron chi connectivity index (χ3n) is 3.87. The summed E-state index contributed by atoms with van der Waals surface area (Å²) >= 11 is 6.12. The first-order valence-electron chi connectivity index (χ1n) is 7.71. The van der Waals surface area contributed by atoms with E-state index in [1.807, 2.05) is 22.8 Å². The summed E-state index contributed by atoms with van der Waals surface area (Å²) in [6.07, 6.45) is 5.82. The maximum absolute atomic E-state index is 6.12. The van der Waals surface area contributed by atoms with Crippen molar-refractivity contribution in [1.29, 1.82) is 0 Å². The Balaban J connectivity index is 1.72. The van der Waals surface area contributed by atoms with Gasteiger partial charge in [-0.15, -0.1) is 0 Å². The topological polar surface area (TPSA) is 95.4 Å². The number of fused-ring (bicyclic) bond motifs is 1. The third-order valence-corrected chi connectivity index (χ3v) is 4.04. The van der Waals surface area contributed by atoms with Crippen LogP contribution in [-0.4, -0.2) is 29.5 Å². The Hall–Kier alpha value is -3.06. The van der Waals surface area contributed by atoms with Gasteiger partial charge in [-0.25, -0.2) is 19.9 Å². The zero-order chi connectivity index (χ0) is 17.2. The average Bonchev–Trinajstić information content (AvgIpc) is 3.04. The molecule has 0 spiro atoms. The summed E-state index contributed by atoms with van der Waals surface area (Å²) in [7, 11) is 0. The number of halogens is 1. The van der Waals surface area contributed by atoms with Crippen LogP contribution in [0.25, 0.3) is 22.4 Å². The number of rotatable bonds is 4. The number of nitrogens with two attached hydrogens (primary N) is 1. The summed E-state index contributed by atoms with van der Waals surface area (Å²) in [5.74, 6) is 0.202. The molecule has 0 bridgehead atoms. The van der Waals surface area contributed by atoms with E-state index in [4.69, 9.17) is 17.3 Å². The molecule has 0 fully saturated rings. The predicted octanol–water partition coefficient (Wildman–Crippen LogP) is 2.76. The lowest BCUT2D eigenvalue weighted by atomic mass is 10.1. The van der Waals surface area contributed by atoms with Crippen LogP contribution in [-0.2, 0) is 13.0 Å². The van der Waals surface area contributed by atoms with Gasteiger partial charge in [-0.3, -0.25) is 0 Å². The van der Waals surface area contributed by atoms with Gasteiger partial charge in [0.25, 0.3) is 0 Å². The first-order chi connectivity index (χ1) is 12.2. The van der Waals surface area contributed by atoms with E-state index >= 15 is 0 Å². The van der Waals surface area contributed by atoms with Gasteiger partial charge >= 0.3 is 0 Å². The van der Waals surface area contributed by atoms with Gasteiger partial charge in [0.05, 0.1) is 6.33 Å². The predicted molar refractivity (Wildman–Crippen MR) is 95.9 cm³/mol. The molecule has 0 atom stereocenters. The number of imidazole rings is 1. The van der Waals surface area contributed by atoms with E-state index in [1.165, 1.54) is 5.56 Å². The maximum Gasteiger partial charge on any atom is 0.225 e. The van der Waals surface area contributed by atoms with Crippen LogP contribution in [0.15, 0.2) is 49.1 Å². The van der Waals surface area contributed by atoms with Crippen molar-refractivity contribution >= 4 is 28.7 Å². The number of benzene rings is 1. The van der Waals surface area contributed by atoms with E-state index in [9.17, 15) is 0 Å². The Kier molecular flexibility index (Phi) is 3.99. The molecule has 3 aromatic heterocycles. The third kappa shape index (κ3) is 3.14. The molecule has 0 saturated heterocycles. The van der Waals surface area contributed by atoms with E-state index in [0.717, 1.165) is 13.0 Å². The van der Waals surface area contributed by atoms with Crippen LogP contribution in [0.5, 0.6) is 0 Å². The summed E-state index contributed by atoms with van der Waals surface area (Å²) in [6.45, 7) is 0.742. The second-order valence-corrected chi connectivity index (χ2v) is 5.86. The molecule has 4 aromatic rings. The highest BCUT2D eigenvalue weighted by Gasteiger charge is 2.15. The van der Waals surface area contributed by atoms with Crippen molar-refractivity contribution in [3.05, 3.63) is 59.9 Å². The van der Waals surface area contributed by atoms with Crippen LogP contribution in [0.3, 0.4) is 0 Å². The first kappa shape index (κ1) is 15.5. The van der Waals surface area contributed by atoms with Crippen molar-refractivity contribution in [2.75, 3.05) is 5.73 Å². The Bertz CT molecular complexity index is 1010. The van der Waals surface area contributed by atoms with Gasteiger partial charge < -0.3 is 10.3 Å². The van der Waals surface area contributed by atoms with Gasteiger partial charge in [0.15, 0.2) is 5.65 Å². The van der Waals surface area contributed by atoms with Crippen molar-refractivity contribution in [2.24, 2.45) is 0 Å². The molecule has 8 heteroatoms. The lowest BCUT2D eigenvalue weighted by Gasteiger charge is -2.06. The SMILES string of the molecule is Nc1ncc(-c2nc(Cl)nc3c2ncn3CCc2ccccc2)cn1. The Labute approximate surface area is 148 Å². The minimum atomic E-state index is 0.154. The van der Waals surface area contributed by atoms with Crippen LogP contribution in [0.1, 0.15) is 5.56 Å². The van der Waals surface area contributed by atoms with Crippen molar-refractivity contribution in [2.45, 2.75) is 13.0 Å². The van der Waals surface area contributed by atoms with Gasteiger partial charge in [0.1, 0.15) is 11.2 Å². The second-order valence-electron chi connectivity index (χ2n) is 5.52. The molecule has 0 unspecified atom stereocenters. The van der Waals surface area contributed by atoms with Crippen molar-refractivity contribution < 1.29 is 0 Å². The molecule has 0 saturated carbocycles. The lowest BCUT2D eigenvalue weighted by Crippen LogP contribution is -2.02. The van der Waals surface area contributed by atoms with Gasteiger partial charge in [-0.1, -0.05) is 30.3 Å². The number of nitrogens with zero attached hydrogens (tertiary/aromatic N) is 6. The molecular formula is C17H14ClN7. The van der Waals surface area contributed by atoms with E-state index in [0.29, 0.717) is 22.4 Å². The van der Waals surface area contributed by atoms with E-state index in [1.54, 1.807) is 18.7 Å². The quantitative estimate of drug-likeness (QED) is 0.568. The van der Waals surface area contributed by atoms with Gasteiger partial charge in [-0.05, 0) is 23.6 Å². The highest BCUT2D eigenvalue weighted by molar-refractivity contribution is 6.28. The summed E-state index contributed by atoms with van der Waals surface area (Å²) in [6, 6.07) is 10.2. The molecule has 1 aromatic carbocycles. The molecule has 2 N–H and O–H groups in total. The monoisotopic (exact) mass is 351 g/mol. The summed E-state index contributed by atoms with van der Waals surface area (Å²) < 4.78 is 1.97. The van der Waals surface area contributed by atoms with E-state index in [2.05, 4.69) is 37.1 Å². The number of hydrogen-bond donors (Lipinski definition) is 1. The Morgan fingerprint density at radius 2 is 1.76 bits per heavy atom. The molecule has 25 heavy (non-hydrogen) atoms. The van der Waals surface area contributed by atoms with Crippen LogP contribution >= 0.6 is 11.6 Å². The molecule has 0 aliphatic rings. The fourth-order valence-electron chi connectivity index (χ4n) is 2.64. The van der Waals surface area contributed by atoms with Crippen LogP contribution < -0.4 is 5.73 Å². The molecule has 0 radical (unpaired) electrons. The van der Waals surface area contributed by atoms with Crippen LogP contribution in [0.4, 0.5) is 5.95 Å². The van der Waals surface area contributed by atoms with Crippen LogP contribution in [0.2, 0.25) is 5.28 Å². The Morgan fingerprint density at radius 1 is 1.00 bits per heavy atom. The summed E-state index contributed by atoms with van der Waals surface area (Å²) in [5, 5.41) is 0.154. The highest BCUT2D eigenvalue weighted by atomic mass is 35.5. The average molecular weight is 352 g/mol. The van der Waals surface area contributed by atoms with Gasteiger partial charge in [0, 0.05) is 24.5 Å². The van der Waals surface area contributed by atoms with E-state index < -0.39 is 0 Å². The maximum atomic E-state index is 6.12. The fourth-order valence-corrected chi connectivity index (χ4v) is 2.80. The summed E-state index contributed by atoms with van der Waals surface area (Å²) in [4.78, 5) is 21.1. The minimum Gasteiger partial charge on any atom is -0.368 e. The zero-order valence-electron chi connectivity index (χ0n) is 13.2. The minimum absolute atomic E-state index is 0.154. The second kappa shape index (κ2) is 6.45. The molecule has 0 aliphatic carbocycles. The number of anilines is 1. The molecule has 124 valence electrons. The smallest absolute Gasteiger partial charge is 0.225 e. The molecular weight excluding hydrogens is 338 g/mol. The molecule has 7 nitrogen and oxygen atoms in total. The van der Waals surface area contributed by atoms with Gasteiger partial charge in [0.2, 0.25) is 11.2 Å². The normalized spacial score (nSPS) is 11.1. The molecule has 3 heterocycles. The number of aromatic nitrogens is 6. The van der Waals surface area contributed by atoms with Crippen molar-refractivity contribution in [3.63, 3.8) is 0 Å². The van der Waals surface area contributed by atoms with Crippen molar-refractivity contribution in [1.82, 2.24) is 29.5 Å². The Morgan fingerprint density at radius 3 is 2.52 bits per heavy atom. The largest absolute Gasteiger partial charge is 0.368 e. The molecule has 0 amide bonds. The molecule has 0 aliphatic heterocycles. The number of aryl methyl sites for hydroxylation is 2.